The molecule has 3 aromatic heterocycles. The zero-order chi connectivity index (χ0) is 39.1. The van der Waals surface area contributed by atoms with Gasteiger partial charge in [-0.2, -0.15) is 4.98 Å². The van der Waals surface area contributed by atoms with Crippen LogP contribution in [0.3, 0.4) is 0 Å². The quantitative estimate of drug-likeness (QED) is 0.0489. The summed E-state index contributed by atoms with van der Waals surface area (Å²) in [5.41, 5.74) is 13.1. The summed E-state index contributed by atoms with van der Waals surface area (Å²) in [5, 5.41) is 25.9. The van der Waals surface area contributed by atoms with Gasteiger partial charge >= 0.3 is 17.9 Å². The van der Waals surface area contributed by atoms with Crippen LogP contribution in [-0.4, -0.2) is 58.4 Å². The van der Waals surface area contributed by atoms with Crippen molar-refractivity contribution in [1.29, 1.82) is 0 Å². The Balaban J connectivity index is 0.000000170. The van der Waals surface area contributed by atoms with Crippen molar-refractivity contribution in [3.8, 4) is 23.0 Å². The predicted molar refractivity (Wildman–Crippen MR) is 199 cm³/mol. The van der Waals surface area contributed by atoms with Gasteiger partial charge in [-0.05, 0) is 86.3 Å². The Morgan fingerprint density at radius 3 is 1.65 bits per heavy atom. The molecule has 276 valence electrons. The molecule has 14 heteroatoms. The summed E-state index contributed by atoms with van der Waals surface area (Å²) < 4.78 is 25.7. The number of carbonyl (C=O) groups excluding carboxylic acids is 2. The number of oxime groups is 1. The number of methoxy groups -OCH3 is 2. The molecule has 0 bridgehead atoms. The number of nitrogens with two attached hydrogens (primary N) is 1. The SMILES string of the molecule is COC(=O)c1ccc(-c2noc(-c3cc4c(C)ccc(C)c4o3)n2)cc1.COC(=O)c1ccc(/C(N)=N\O)cc1.Cc1ccc(C)c2oc(C(=O)O)cc12. The van der Waals surface area contributed by atoms with Crippen LogP contribution < -0.4 is 5.73 Å². The van der Waals surface area contributed by atoms with E-state index in [0.717, 1.165) is 44.2 Å². The molecule has 4 aromatic carbocycles. The number of ether oxygens (including phenoxy) is 2. The summed E-state index contributed by atoms with van der Waals surface area (Å²) in [5.74, 6) is -0.576. The van der Waals surface area contributed by atoms with Crippen molar-refractivity contribution < 1.29 is 47.5 Å². The van der Waals surface area contributed by atoms with E-state index in [4.69, 9.17) is 34.1 Å². The molecule has 0 aliphatic rings. The van der Waals surface area contributed by atoms with Gasteiger partial charge in [-0.15, -0.1) is 0 Å². The minimum atomic E-state index is -1.03. The predicted octanol–water partition coefficient (Wildman–Crippen LogP) is 7.87. The van der Waals surface area contributed by atoms with Gasteiger partial charge in [0.1, 0.15) is 11.2 Å². The van der Waals surface area contributed by atoms with Crippen LogP contribution in [0, 0.1) is 27.7 Å². The number of carboxylic acid groups (broad SMARTS) is 1. The number of carboxylic acids is 1. The highest BCUT2D eigenvalue weighted by Crippen LogP contribution is 2.32. The molecule has 0 aliphatic heterocycles. The molecule has 0 saturated carbocycles. The maximum Gasteiger partial charge on any atom is 0.371 e. The zero-order valence-electron chi connectivity index (χ0n) is 30.2. The standard InChI is InChI=1S/C20H16N2O4.C11H10O3.C9H10N2O3/c1-11-4-5-12(2)17-15(11)10-16(25-17)19-21-18(22-26-19)13-6-8-14(9-7-13)20(23)24-3;1-6-3-4-7(2)10-8(6)5-9(14-10)11(12)13;1-14-9(12)7-4-2-6(3-5-7)8(10)11-13/h4-10H,1-3H3;3-5H,1-2H3,(H,12,13);2-5,13H,1H3,(H2,10,11). The average Bonchev–Trinajstić information content (AvgIpc) is 3.98. The van der Waals surface area contributed by atoms with E-state index in [1.165, 1.54) is 14.2 Å². The van der Waals surface area contributed by atoms with Gasteiger partial charge in [0.2, 0.25) is 11.6 Å². The number of carbonyl (C=O) groups is 3. The van der Waals surface area contributed by atoms with E-state index >= 15 is 0 Å². The summed E-state index contributed by atoms with van der Waals surface area (Å²) in [6, 6.07) is 24.5. The lowest BCUT2D eigenvalue weighted by Crippen LogP contribution is -2.13. The van der Waals surface area contributed by atoms with Gasteiger partial charge in [-0.3, -0.25) is 0 Å². The van der Waals surface area contributed by atoms with E-state index in [-0.39, 0.29) is 11.6 Å². The van der Waals surface area contributed by atoms with E-state index in [9.17, 15) is 14.4 Å². The molecule has 7 rings (SSSR count). The van der Waals surface area contributed by atoms with E-state index in [1.807, 2.05) is 52.0 Å². The van der Waals surface area contributed by atoms with Crippen molar-refractivity contribution in [2.45, 2.75) is 27.7 Å². The zero-order valence-corrected chi connectivity index (χ0v) is 30.2. The molecule has 0 atom stereocenters. The van der Waals surface area contributed by atoms with Crippen LogP contribution >= 0.6 is 0 Å². The summed E-state index contributed by atoms with van der Waals surface area (Å²) in [6.07, 6.45) is 0. The number of aromatic nitrogens is 2. The topological polar surface area (TPSA) is 214 Å². The van der Waals surface area contributed by atoms with Gasteiger partial charge in [0.05, 0.1) is 25.3 Å². The van der Waals surface area contributed by atoms with Crippen molar-refractivity contribution in [1.82, 2.24) is 10.1 Å². The number of hydrogen-bond acceptors (Lipinski definition) is 12. The first-order valence-corrected chi connectivity index (χ1v) is 16.3. The van der Waals surface area contributed by atoms with Gasteiger partial charge in [-0.1, -0.05) is 58.8 Å². The van der Waals surface area contributed by atoms with Crippen LogP contribution in [-0.2, 0) is 9.47 Å². The molecule has 0 aliphatic carbocycles. The highest BCUT2D eigenvalue weighted by atomic mass is 16.5. The van der Waals surface area contributed by atoms with Crippen molar-refractivity contribution in [3.05, 3.63) is 130 Å². The molecule has 4 N–H and O–H groups in total. The lowest BCUT2D eigenvalue weighted by Gasteiger charge is -2.00. The van der Waals surface area contributed by atoms with Crippen LogP contribution in [0.15, 0.2) is 103 Å². The largest absolute Gasteiger partial charge is 0.475 e. The molecule has 14 nitrogen and oxygen atoms in total. The van der Waals surface area contributed by atoms with Gasteiger partial charge in [0.25, 0.3) is 5.89 Å². The number of nitrogens with zero attached hydrogens (tertiary/aromatic N) is 3. The minimum absolute atomic E-state index is 0.00131. The Bertz CT molecular complexity index is 2410. The van der Waals surface area contributed by atoms with Crippen LogP contribution in [0.4, 0.5) is 0 Å². The number of fused-ring (bicyclic) bond motifs is 2. The fourth-order valence-electron chi connectivity index (χ4n) is 5.26. The van der Waals surface area contributed by atoms with Crippen LogP contribution in [0.2, 0.25) is 0 Å². The Morgan fingerprint density at radius 1 is 0.685 bits per heavy atom. The van der Waals surface area contributed by atoms with E-state index < -0.39 is 17.9 Å². The average molecular weight is 733 g/mol. The normalized spacial score (nSPS) is 11.0. The first-order chi connectivity index (χ1) is 25.8. The highest BCUT2D eigenvalue weighted by molar-refractivity contribution is 5.98. The number of benzene rings is 4. The second-order valence-corrected chi connectivity index (χ2v) is 12.0. The van der Waals surface area contributed by atoms with Gasteiger partial charge < -0.3 is 38.9 Å². The maximum absolute atomic E-state index is 11.5. The van der Waals surface area contributed by atoms with Gasteiger partial charge in [0.15, 0.2) is 11.6 Å². The fraction of sp³-hybridized carbons (Fsp3) is 0.150. The molecule has 0 saturated heterocycles. The van der Waals surface area contributed by atoms with Crippen molar-refractivity contribution in [2.24, 2.45) is 10.9 Å². The molecular formula is C40H36N4O10. The second kappa shape index (κ2) is 16.4. The van der Waals surface area contributed by atoms with Crippen LogP contribution in [0.1, 0.15) is 59.1 Å². The first-order valence-electron chi connectivity index (χ1n) is 16.3. The summed E-state index contributed by atoms with van der Waals surface area (Å²) in [4.78, 5) is 37.6. The van der Waals surface area contributed by atoms with Crippen LogP contribution in [0.5, 0.6) is 0 Å². The monoisotopic (exact) mass is 732 g/mol. The molecule has 0 unspecified atom stereocenters. The number of esters is 2. The Morgan fingerprint density at radius 2 is 1.17 bits per heavy atom. The Kier molecular flexibility index (Phi) is 11.6. The smallest absolute Gasteiger partial charge is 0.371 e. The minimum Gasteiger partial charge on any atom is -0.475 e. The Hall–Kier alpha value is -7.22. The maximum atomic E-state index is 11.5. The summed E-state index contributed by atoms with van der Waals surface area (Å²) >= 11 is 0. The number of amidine groups is 1. The lowest BCUT2D eigenvalue weighted by atomic mass is 10.1. The number of hydrogen-bond donors (Lipinski definition) is 3. The lowest BCUT2D eigenvalue weighted by molar-refractivity contribution is 0.0592. The highest BCUT2D eigenvalue weighted by Gasteiger charge is 2.17. The van der Waals surface area contributed by atoms with Crippen LogP contribution in [0.25, 0.3) is 45.0 Å². The van der Waals surface area contributed by atoms with Crippen molar-refractivity contribution in [3.63, 3.8) is 0 Å². The molecule has 3 heterocycles. The fourth-order valence-corrected chi connectivity index (χ4v) is 5.26. The molecule has 54 heavy (non-hydrogen) atoms. The molecule has 0 fully saturated rings. The van der Waals surface area contributed by atoms with E-state index in [1.54, 1.807) is 54.6 Å². The van der Waals surface area contributed by atoms with Gasteiger partial charge in [-0.25, -0.2) is 14.4 Å². The number of aryl methyl sites for hydroxylation is 4. The molecule has 0 radical (unpaired) electrons. The van der Waals surface area contributed by atoms with E-state index in [0.29, 0.717) is 39.7 Å². The van der Waals surface area contributed by atoms with E-state index in [2.05, 4.69) is 26.1 Å². The number of rotatable bonds is 6. The summed E-state index contributed by atoms with van der Waals surface area (Å²) in [7, 11) is 2.65. The third-order valence-electron chi connectivity index (χ3n) is 8.32. The Labute approximate surface area is 308 Å². The first kappa shape index (κ1) is 38.0. The van der Waals surface area contributed by atoms with Crippen molar-refractivity contribution in [2.75, 3.05) is 14.2 Å². The number of aromatic carboxylic acids is 1. The molecule has 0 spiro atoms. The van der Waals surface area contributed by atoms with Crippen molar-refractivity contribution >= 4 is 45.7 Å². The third-order valence-corrected chi connectivity index (χ3v) is 8.32. The molecular weight excluding hydrogens is 696 g/mol. The van der Waals surface area contributed by atoms with Gasteiger partial charge in [0, 0.05) is 21.9 Å². The number of furan rings is 2. The summed E-state index contributed by atoms with van der Waals surface area (Å²) in [6.45, 7) is 7.86. The third kappa shape index (κ3) is 8.29. The molecule has 7 aromatic rings. The molecule has 0 amide bonds. The second-order valence-electron chi connectivity index (χ2n) is 12.0.